The number of carbonyl (C=O) groups is 1. The lowest BCUT2D eigenvalue weighted by molar-refractivity contribution is -0.126. The zero-order chi connectivity index (χ0) is 13.7. The van der Waals surface area contributed by atoms with Gasteiger partial charge in [0.05, 0.1) is 5.92 Å². The standard InChI is InChI=1S/C15H29N3O/c1-12-8-14(11-16-9-12)15(19)17-10-13(2)18-6-4-3-5-7-18/h12-14,16H,3-11H2,1-2H3,(H,17,19). The van der Waals surface area contributed by atoms with Crippen molar-refractivity contribution in [3.8, 4) is 0 Å². The molecule has 2 aliphatic rings. The first-order valence-electron chi connectivity index (χ1n) is 7.89. The molecule has 0 spiro atoms. The van der Waals surface area contributed by atoms with Gasteiger partial charge >= 0.3 is 0 Å². The van der Waals surface area contributed by atoms with Gasteiger partial charge in [0.1, 0.15) is 0 Å². The van der Waals surface area contributed by atoms with Crippen LogP contribution in [-0.2, 0) is 4.79 Å². The number of rotatable bonds is 4. The minimum Gasteiger partial charge on any atom is -0.354 e. The van der Waals surface area contributed by atoms with Crippen LogP contribution in [0.1, 0.15) is 39.5 Å². The highest BCUT2D eigenvalue weighted by atomic mass is 16.1. The number of nitrogens with one attached hydrogen (secondary N) is 2. The van der Waals surface area contributed by atoms with Crippen molar-refractivity contribution < 1.29 is 4.79 Å². The maximum Gasteiger partial charge on any atom is 0.224 e. The number of hydrogen-bond donors (Lipinski definition) is 2. The van der Waals surface area contributed by atoms with Gasteiger partial charge in [-0.2, -0.15) is 0 Å². The molecule has 0 radical (unpaired) electrons. The van der Waals surface area contributed by atoms with Crippen LogP contribution in [-0.4, -0.2) is 49.6 Å². The smallest absolute Gasteiger partial charge is 0.224 e. The first kappa shape index (κ1) is 14.8. The molecule has 110 valence electrons. The van der Waals surface area contributed by atoms with E-state index in [0.717, 1.165) is 26.1 Å². The monoisotopic (exact) mass is 267 g/mol. The van der Waals surface area contributed by atoms with Gasteiger partial charge in [-0.25, -0.2) is 0 Å². The summed E-state index contributed by atoms with van der Waals surface area (Å²) in [6, 6.07) is 0.471. The summed E-state index contributed by atoms with van der Waals surface area (Å²) >= 11 is 0. The predicted molar refractivity (Wildman–Crippen MR) is 78.0 cm³/mol. The molecule has 2 aliphatic heterocycles. The van der Waals surface area contributed by atoms with E-state index in [2.05, 4.69) is 29.4 Å². The highest BCUT2D eigenvalue weighted by Crippen LogP contribution is 2.16. The fourth-order valence-corrected chi connectivity index (χ4v) is 3.24. The quantitative estimate of drug-likeness (QED) is 0.805. The molecule has 0 bridgehead atoms. The molecule has 2 saturated heterocycles. The van der Waals surface area contributed by atoms with Crippen LogP contribution in [0.15, 0.2) is 0 Å². The average Bonchev–Trinajstić information content (AvgIpc) is 2.45. The second-order valence-corrected chi connectivity index (χ2v) is 6.39. The molecule has 2 heterocycles. The van der Waals surface area contributed by atoms with Gasteiger partial charge in [-0.05, 0) is 51.7 Å². The number of likely N-dealkylation sites (tertiary alicyclic amines) is 1. The van der Waals surface area contributed by atoms with Crippen molar-refractivity contribution in [1.82, 2.24) is 15.5 Å². The van der Waals surface area contributed by atoms with Gasteiger partial charge in [-0.1, -0.05) is 13.3 Å². The summed E-state index contributed by atoms with van der Waals surface area (Å²) in [6.45, 7) is 9.51. The molecule has 2 fully saturated rings. The van der Waals surface area contributed by atoms with Crippen molar-refractivity contribution in [3.05, 3.63) is 0 Å². The Balaban J connectivity index is 1.70. The molecule has 3 atom stereocenters. The van der Waals surface area contributed by atoms with E-state index >= 15 is 0 Å². The Bertz CT molecular complexity index is 289. The Morgan fingerprint density at radius 3 is 2.74 bits per heavy atom. The van der Waals surface area contributed by atoms with E-state index in [4.69, 9.17) is 0 Å². The lowest BCUT2D eigenvalue weighted by Crippen LogP contribution is -2.48. The van der Waals surface area contributed by atoms with E-state index < -0.39 is 0 Å². The molecule has 4 heteroatoms. The first-order chi connectivity index (χ1) is 9.16. The normalized spacial score (nSPS) is 30.8. The van der Waals surface area contributed by atoms with Crippen molar-refractivity contribution in [2.24, 2.45) is 11.8 Å². The maximum atomic E-state index is 12.2. The molecule has 0 aromatic rings. The van der Waals surface area contributed by atoms with Crippen molar-refractivity contribution in [3.63, 3.8) is 0 Å². The summed E-state index contributed by atoms with van der Waals surface area (Å²) in [4.78, 5) is 14.7. The minimum absolute atomic E-state index is 0.164. The van der Waals surface area contributed by atoms with Gasteiger partial charge < -0.3 is 10.6 Å². The molecule has 0 saturated carbocycles. The number of nitrogens with zero attached hydrogens (tertiary/aromatic N) is 1. The summed E-state index contributed by atoms with van der Waals surface area (Å²) in [5, 5.41) is 6.49. The molecule has 0 aliphatic carbocycles. The van der Waals surface area contributed by atoms with Crippen LogP contribution >= 0.6 is 0 Å². The third kappa shape index (κ3) is 4.46. The van der Waals surface area contributed by atoms with Gasteiger partial charge in [-0.3, -0.25) is 9.69 Å². The van der Waals surface area contributed by atoms with Crippen molar-refractivity contribution in [2.75, 3.05) is 32.7 Å². The van der Waals surface area contributed by atoms with Crippen LogP contribution in [0.2, 0.25) is 0 Å². The summed E-state index contributed by atoms with van der Waals surface area (Å²) in [5.74, 6) is 1.02. The number of hydrogen-bond acceptors (Lipinski definition) is 3. The van der Waals surface area contributed by atoms with Crippen LogP contribution in [0.3, 0.4) is 0 Å². The third-order valence-electron chi connectivity index (χ3n) is 4.53. The summed E-state index contributed by atoms with van der Waals surface area (Å²) in [7, 11) is 0. The second kappa shape index (κ2) is 7.25. The maximum absolute atomic E-state index is 12.2. The average molecular weight is 267 g/mol. The van der Waals surface area contributed by atoms with Crippen LogP contribution in [0.25, 0.3) is 0 Å². The van der Waals surface area contributed by atoms with E-state index in [-0.39, 0.29) is 11.8 Å². The van der Waals surface area contributed by atoms with E-state index in [9.17, 15) is 4.79 Å². The highest BCUT2D eigenvalue weighted by molar-refractivity contribution is 5.79. The predicted octanol–water partition coefficient (Wildman–Crippen LogP) is 1.22. The van der Waals surface area contributed by atoms with E-state index in [1.165, 1.54) is 32.4 Å². The summed E-state index contributed by atoms with van der Waals surface area (Å²) in [5.41, 5.74) is 0. The van der Waals surface area contributed by atoms with Crippen LogP contribution in [0, 0.1) is 11.8 Å². The number of carbonyl (C=O) groups excluding carboxylic acids is 1. The molecule has 4 nitrogen and oxygen atoms in total. The van der Waals surface area contributed by atoms with Crippen molar-refractivity contribution in [2.45, 2.75) is 45.6 Å². The SMILES string of the molecule is CC1CNCC(C(=O)NCC(C)N2CCCCC2)C1. The highest BCUT2D eigenvalue weighted by Gasteiger charge is 2.25. The Morgan fingerprint density at radius 1 is 1.32 bits per heavy atom. The number of amides is 1. The molecule has 0 aromatic heterocycles. The summed E-state index contributed by atoms with van der Waals surface area (Å²) in [6.07, 6.45) is 5.00. The van der Waals surface area contributed by atoms with E-state index in [0.29, 0.717) is 12.0 Å². The zero-order valence-corrected chi connectivity index (χ0v) is 12.5. The molecule has 1 amide bonds. The Morgan fingerprint density at radius 2 is 2.05 bits per heavy atom. The Labute approximate surface area is 117 Å². The second-order valence-electron chi connectivity index (χ2n) is 6.39. The molecular weight excluding hydrogens is 238 g/mol. The molecule has 0 aromatic carbocycles. The van der Waals surface area contributed by atoms with Gasteiger partial charge in [0.25, 0.3) is 0 Å². The van der Waals surface area contributed by atoms with Crippen LogP contribution in [0.5, 0.6) is 0 Å². The molecular formula is C15H29N3O. The van der Waals surface area contributed by atoms with Crippen LogP contribution < -0.4 is 10.6 Å². The molecule has 2 rings (SSSR count). The minimum atomic E-state index is 0.164. The Kier molecular flexibility index (Phi) is 5.64. The fraction of sp³-hybridized carbons (Fsp3) is 0.933. The largest absolute Gasteiger partial charge is 0.354 e. The van der Waals surface area contributed by atoms with E-state index in [1.54, 1.807) is 0 Å². The van der Waals surface area contributed by atoms with E-state index in [1.807, 2.05) is 0 Å². The van der Waals surface area contributed by atoms with Crippen molar-refractivity contribution >= 4 is 5.91 Å². The molecule has 19 heavy (non-hydrogen) atoms. The molecule has 3 unspecified atom stereocenters. The lowest BCUT2D eigenvalue weighted by Gasteiger charge is -2.33. The number of piperidine rings is 2. The van der Waals surface area contributed by atoms with Crippen molar-refractivity contribution in [1.29, 1.82) is 0 Å². The third-order valence-corrected chi connectivity index (χ3v) is 4.53. The first-order valence-corrected chi connectivity index (χ1v) is 7.89. The topological polar surface area (TPSA) is 44.4 Å². The van der Waals surface area contributed by atoms with Crippen LogP contribution in [0.4, 0.5) is 0 Å². The van der Waals surface area contributed by atoms with Gasteiger partial charge in [0.15, 0.2) is 0 Å². The fourth-order valence-electron chi connectivity index (χ4n) is 3.24. The Hall–Kier alpha value is -0.610. The van der Waals surface area contributed by atoms with Gasteiger partial charge in [0, 0.05) is 19.1 Å². The lowest BCUT2D eigenvalue weighted by atomic mass is 9.91. The van der Waals surface area contributed by atoms with Gasteiger partial charge in [0.2, 0.25) is 5.91 Å². The zero-order valence-electron chi connectivity index (χ0n) is 12.5. The van der Waals surface area contributed by atoms with Gasteiger partial charge in [-0.15, -0.1) is 0 Å². The summed E-state index contributed by atoms with van der Waals surface area (Å²) < 4.78 is 0. The molecule has 2 N–H and O–H groups in total.